The summed E-state index contributed by atoms with van der Waals surface area (Å²) in [5.74, 6) is -1.41. The zero-order chi connectivity index (χ0) is 15.4. The molecule has 1 fully saturated rings. The van der Waals surface area contributed by atoms with Crippen molar-refractivity contribution in [3.05, 3.63) is 35.1 Å². The standard InChI is InChI=1S/C15H19FN2O3/c1-10-8-11(2-3-13(10)16)9-17-15(21)18-6-4-12(5-7-18)14(19)20/h2-3,8,12H,4-7,9H2,1H3,(H,17,21)(H,19,20). The summed E-state index contributed by atoms with van der Waals surface area (Å²) in [6.45, 7) is 2.91. The highest BCUT2D eigenvalue weighted by Crippen LogP contribution is 2.17. The fourth-order valence-corrected chi connectivity index (χ4v) is 2.44. The van der Waals surface area contributed by atoms with Crippen molar-refractivity contribution in [1.82, 2.24) is 10.2 Å². The smallest absolute Gasteiger partial charge is 0.317 e. The molecule has 2 N–H and O–H groups in total. The summed E-state index contributed by atoms with van der Waals surface area (Å²) in [6, 6.07) is 4.52. The fraction of sp³-hybridized carbons (Fsp3) is 0.467. The zero-order valence-corrected chi connectivity index (χ0v) is 11.9. The van der Waals surface area contributed by atoms with E-state index in [2.05, 4.69) is 5.32 Å². The van der Waals surface area contributed by atoms with Crippen LogP contribution in [0, 0.1) is 18.7 Å². The van der Waals surface area contributed by atoms with Gasteiger partial charge in [0.05, 0.1) is 5.92 Å². The number of halogens is 1. The quantitative estimate of drug-likeness (QED) is 0.897. The van der Waals surface area contributed by atoms with Crippen LogP contribution in [0.2, 0.25) is 0 Å². The maximum absolute atomic E-state index is 13.1. The van der Waals surface area contributed by atoms with Crippen LogP contribution < -0.4 is 5.32 Å². The van der Waals surface area contributed by atoms with E-state index in [9.17, 15) is 14.0 Å². The van der Waals surface area contributed by atoms with Gasteiger partial charge in [-0.15, -0.1) is 0 Å². The van der Waals surface area contributed by atoms with Gasteiger partial charge < -0.3 is 15.3 Å². The Kier molecular flexibility index (Phi) is 4.77. The van der Waals surface area contributed by atoms with E-state index < -0.39 is 5.97 Å². The lowest BCUT2D eigenvalue weighted by atomic mass is 9.97. The van der Waals surface area contributed by atoms with E-state index in [0.717, 1.165) is 5.56 Å². The molecule has 6 heteroatoms. The first-order chi connectivity index (χ1) is 9.97. The third-order valence-corrected chi connectivity index (χ3v) is 3.80. The predicted molar refractivity (Wildman–Crippen MR) is 75.3 cm³/mol. The maximum atomic E-state index is 13.1. The number of aryl methyl sites for hydroxylation is 1. The molecule has 1 aromatic rings. The second-order valence-electron chi connectivity index (χ2n) is 5.34. The van der Waals surface area contributed by atoms with Gasteiger partial charge in [-0.2, -0.15) is 0 Å². The van der Waals surface area contributed by atoms with Crippen LogP contribution in [0.5, 0.6) is 0 Å². The molecule has 5 nitrogen and oxygen atoms in total. The van der Waals surface area contributed by atoms with E-state index in [-0.39, 0.29) is 17.8 Å². The van der Waals surface area contributed by atoms with Gasteiger partial charge in [0.1, 0.15) is 5.82 Å². The first-order valence-corrected chi connectivity index (χ1v) is 6.98. The highest BCUT2D eigenvalue weighted by atomic mass is 19.1. The van der Waals surface area contributed by atoms with Gasteiger partial charge in [-0.25, -0.2) is 9.18 Å². The molecule has 0 bridgehead atoms. The number of carbonyl (C=O) groups excluding carboxylic acids is 1. The largest absolute Gasteiger partial charge is 0.481 e. The molecule has 0 atom stereocenters. The van der Waals surface area contributed by atoms with E-state index in [1.807, 2.05) is 0 Å². The minimum absolute atomic E-state index is 0.208. The number of aliphatic carboxylic acids is 1. The van der Waals surface area contributed by atoms with Gasteiger partial charge in [0.2, 0.25) is 0 Å². The highest BCUT2D eigenvalue weighted by Gasteiger charge is 2.26. The molecule has 1 saturated heterocycles. The number of amides is 2. The first kappa shape index (κ1) is 15.3. The molecular formula is C15H19FN2O3. The number of carboxylic acid groups (broad SMARTS) is 1. The third-order valence-electron chi connectivity index (χ3n) is 3.80. The van der Waals surface area contributed by atoms with Crippen LogP contribution in [0.25, 0.3) is 0 Å². The third kappa shape index (κ3) is 3.93. The molecule has 1 heterocycles. The number of nitrogens with zero attached hydrogens (tertiary/aromatic N) is 1. The molecule has 1 aliphatic heterocycles. The van der Waals surface area contributed by atoms with Gasteiger partial charge in [-0.3, -0.25) is 4.79 Å². The van der Waals surface area contributed by atoms with Crippen molar-refractivity contribution in [3.63, 3.8) is 0 Å². The minimum Gasteiger partial charge on any atom is -0.481 e. The highest BCUT2D eigenvalue weighted by molar-refractivity contribution is 5.75. The lowest BCUT2D eigenvalue weighted by molar-refractivity contribution is -0.143. The van der Waals surface area contributed by atoms with Crippen molar-refractivity contribution in [2.75, 3.05) is 13.1 Å². The Bertz CT molecular complexity index is 540. The minimum atomic E-state index is -0.795. The number of urea groups is 1. The van der Waals surface area contributed by atoms with Gasteiger partial charge in [-0.1, -0.05) is 12.1 Å². The molecule has 114 valence electrons. The van der Waals surface area contributed by atoms with Crippen molar-refractivity contribution in [2.45, 2.75) is 26.3 Å². The molecule has 0 saturated carbocycles. The summed E-state index contributed by atoms with van der Waals surface area (Å²) in [5.41, 5.74) is 1.38. The number of hydrogen-bond acceptors (Lipinski definition) is 2. The molecular weight excluding hydrogens is 275 g/mol. The van der Waals surface area contributed by atoms with Crippen LogP contribution >= 0.6 is 0 Å². The molecule has 21 heavy (non-hydrogen) atoms. The Hall–Kier alpha value is -2.11. The van der Waals surface area contributed by atoms with E-state index in [0.29, 0.717) is 38.0 Å². The number of likely N-dealkylation sites (tertiary alicyclic amines) is 1. The molecule has 0 aliphatic carbocycles. The van der Waals surface area contributed by atoms with Crippen molar-refractivity contribution >= 4 is 12.0 Å². The topological polar surface area (TPSA) is 69.6 Å². The maximum Gasteiger partial charge on any atom is 0.317 e. The van der Waals surface area contributed by atoms with Crippen LogP contribution in [-0.2, 0) is 11.3 Å². The van der Waals surface area contributed by atoms with E-state index in [4.69, 9.17) is 5.11 Å². The van der Waals surface area contributed by atoms with E-state index in [1.54, 1.807) is 24.0 Å². The van der Waals surface area contributed by atoms with Crippen molar-refractivity contribution in [2.24, 2.45) is 5.92 Å². The average Bonchev–Trinajstić information content (AvgIpc) is 2.48. The molecule has 0 unspecified atom stereocenters. The Morgan fingerprint density at radius 1 is 1.38 bits per heavy atom. The van der Waals surface area contributed by atoms with E-state index in [1.165, 1.54) is 6.07 Å². The number of piperidine rings is 1. The molecule has 2 rings (SSSR count). The van der Waals surface area contributed by atoms with Gasteiger partial charge in [0.15, 0.2) is 0 Å². The second-order valence-corrected chi connectivity index (χ2v) is 5.34. The summed E-state index contributed by atoms with van der Waals surface area (Å²) in [7, 11) is 0. The van der Waals surface area contributed by atoms with Crippen LogP contribution in [0.1, 0.15) is 24.0 Å². The Balaban J connectivity index is 1.82. The lowest BCUT2D eigenvalue weighted by Crippen LogP contribution is -2.45. The Morgan fingerprint density at radius 2 is 2.05 bits per heavy atom. The number of benzene rings is 1. The van der Waals surface area contributed by atoms with Crippen molar-refractivity contribution in [1.29, 1.82) is 0 Å². The number of carbonyl (C=O) groups is 2. The van der Waals surface area contributed by atoms with E-state index >= 15 is 0 Å². The SMILES string of the molecule is Cc1cc(CNC(=O)N2CCC(C(=O)O)CC2)ccc1F. The lowest BCUT2D eigenvalue weighted by Gasteiger charge is -2.30. The Labute approximate surface area is 122 Å². The summed E-state index contributed by atoms with van der Waals surface area (Å²) < 4.78 is 13.1. The first-order valence-electron chi connectivity index (χ1n) is 6.98. The molecule has 2 amide bonds. The molecule has 0 aromatic heterocycles. The predicted octanol–water partition coefficient (Wildman–Crippen LogP) is 2.14. The average molecular weight is 294 g/mol. The number of carboxylic acids is 1. The van der Waals surface area contributed by atoms with Gasteiger partial charge in [-0.05, 0) is 37.0 Å². The number of rotatable bonds is 3. The van der Waals surface area contributed by atoms with Crippen LogP contribution in [-0.4, -0.2) is 35.1 Å². The van der Waals surface area contributed by atoms with Crippen LogP contribution in [0.15, 0.2) is 18.2 Å². The summed E-state index contributed by atoms with van der Waals surface area (Å²) in [4.78, 5) is 24.5. The summed E-state index contributed by atoms with van der Waals surface area (Å²) in [6.07, 6.45) is 0.969. The normalized spacial score (nSPS) is 15.8. The van der Waals surface area contributed by atoms with Crippen molar-refractivity contribution in [3.8, 4) is 0 Å². The van der Waals surface area contributed by atoms with Crippen LogP contribution in [0.4, 0.5) is 9.18 Å². The summed E-state index contributed by atoms with van der Waals surface area (Å²) in [5, 5.41) is 11.7. The number of nitrogens with one attached hydrogen (secondary N) is 1. The number of hydrogen-bond donors (Lipinski definition) is 2. The molecule has 1 aromatic carbocycles. The zero-order valence-electron chi connectivity index (χ0n) is 11.9. The molecule has 1 aliphatic rings. The van der Waals surface area contributed by atoms with Crippen LogP contribution in [0.3, 0.4) is 0 Å². The van der Waals surface area contributed by atoms with Gasteiger partial charge in [0.25, 0.3) is 0 Å². The molecule has 0 radical (unpaired) electrons. The Morgan fingerprint density at radius 3 is 2.62 bits per heavy atom. The van der Waals surface area contributed by atoms with Crippen molar-refractivity contribution < 1.29 is 19.1 Å². The fourth-order valence-electron chi connectivity index (χ4n) is 2.44. The van der Waals surface area contributed by atoms with Gasteiger partial charge in [0, 0.05) is 19.6 Å². The second kappa shape index (κ2) is 6.56. The monoisotopic (exact) mass is 294 g/mol. The molecule has 0 spiro atoms. The summed E-state index contributed by atoms with van der Waals surface area (Å²) >= 11 is 0. The van der Waals surface area contributed by atoms with Gasteiger partial charge >= 0.3 is 12.0 Å².